The topological polar surface area (TPSA) is 25.8 Å². The van der Waals surface area contributed by atoms with Crippen LogP contribution in [0.4, 0.5) is 26.3 Å². The van der Waals surface area contributed by atoms with Crippen LogP contribution in [-0.4, -0.2) is 9.97 Å². The second-order valence-corrected chi connectivity index (χ2v) is 8.93. The molecule has 1 heterocycles. The highest BCUT2D eigenvalue weighted by atomic mass is 19.4. The lowest BCUT2D eigenvalue weighted by Crippen LogP contribution is -2.13. The molecule has 5 aromatic carbocycles. The maximum Gasteiger partial charge on any atom is 0.418 e. The fourth-order valence-electron chi connectivity index (χ4n) is 4.62. The Kier molecular flexibility index (Phi) is 5.38. The van der Waals surface area contributed by atoms with Crippen LogP contribution in [0.1, 0.15) is 11.1 Å². The third kappa shape index (κ3) is 4.22. The van der Waals surface area contributed by atoms with Crippen molar-refractivity contribution in [3.63, 3.8) is 0 Å². The van der Waals surface area contributed by atoms with Gasteiger partial charge >= 0.3 is 12.4 Å². The summed E-state index contributed by atoms with van der Waals surface area (Å²) in [5.74, 6) is 0. The van der Waals surface area contributed by atoms with Crippen LogP contribution in [0.2, 0.25) is 0 Å². The first-order chi connectivity index (χ1) is 18.1. The lowest BCUT2D eigenvalue weighted by molar-refractivity contribution is -0.142. The molecule has 0 bridgehead atoms. The van der Waals surface area contributed by atoms with Crippen LogP contribution in [0.5, 0.6) is 0 Å². The number of alkyl halides is 6. The Morgan fingerprint density at radius 2 is 0.974 bits per heavy atom. The highest BCUT2D eigenvalue weighted by Crippen LogP contribution is 2.41. The summed E-state index contributed by atoms with van der Waals surface area (Å²) in [5, 5.41) is 3.52. The van der Waals surface area contributed by atoms with Crippen molar-refractivity contribution >= 4 is 32.6 Å². The molecule has 8 heteroatoms. The molecule has 2 nitrogen and oxygen atoms in total. The number of aromatic nitrogens is 2. The van der Waals surface area contributed by atoms with E-state index in [1.165, 1.54) is 0 Å². The van der Waals surface area contributed by atoms with Crippen molar-refractivity contribution in [2.45, 2.75) is 12.4 Å². The van der Waals surface area contributed by atoms with Crippen LogP contribution < -0.4 is 0 Å². The molecule has 0 spiro atoms. The van der Waals surface area contributed by atoms with Crippen molar-refractivity contribution in [1.29, 1.82) is 0 Å². The largest absolute Gasteiger partial charge is 0.418 e. The average Bonchev–Trinajstić information content (AvgIpc) is 2.90. The number of hydrogen-bond donors (Lipinski definition) is 0. The molecule has 0 aliphatic carbocycles. The van der Waals surface area contributed by atoms with Gasteiger partial charge < -0.3 is 0 Å². The first kappa shape index (κ1) is 23.9. The van der Waals surface area contributed by atoms with Gasteiger partial charge in [-0.1, -0.05) is 72.8 Å². The fourth-order valence-corrected chi connectivity index (χ4v) is 4.62. The normalized spacial score (nSPS) is 12.5. The van der Waals surface area contributed by atoms with E-state index in [1.54, 1.807) is 24.3 Å². The molecule has 0 unspecified atom stereocenters. The Morgan fingerprint density at radius 1 is 0.474 bits per heavy atom. The predicted octanol–water partition coefficient (Wildman–Crippen LogP) is 9.31. The molecule has 0 saturated carbocycles. The van der Waals surface area contributed by atoms with E-state index in [0.29, 0.717) is 17.2 Å². The monoisotopic (exact) mass is 518 g/mol. The van der Waals surface area contributed by atoms with Crippen LogP contribution >= 0.6 is 0 Å². The summed E-state index contributed by atoms with van der Waals surface area (Å²) in [6.45, 7) is 0. The lowest BCUT2D eigenvalue weighted by Gasteiger charge is -2.17. The van der Waals surface area contributed by atoms with Crippen molar-refractivity contribution in [2.75, 3.05) is 0 Å². The third-order valence-electron chi connectivity index (χ3n) is 6.45. The number of nitrogens with zero attached hydrogens (tertiary/aromatic N) is 2. The molecule has 0 saturated heterocycles. The molecular weight excluding hydrogens is 502 g/mol. The molecule has 0 N–H and O–H groups in total. The zero-order valence-corrected chi connectivity index (χ0v) is 19.4. The SMILES string of the molecule is FC(F)(F)c1cc(C(F)(F)F)c2nc(-c3ccc4ccccc4c3)c(-c3ccc4ccccc4c3)nc2c1. The minimum Gasteiger partial charge on any atom is -0.244 e. The average molecular weight is 518 g/mol. The molecule has 0 atom stereocenters. The zero-order chi connectivity index (χ0) is 26.7. The van der Waals surface area contributed by atoms with Gasteiger partial charge in [0.25, 0.3) is 0 Å². The van der Waals surface area contributed by atoms with Gasteiger partial charge in [0.2, 0.25) is 0 Å². The van der Waals surface area contributed by atoms with Gasteiger partial charge in [-0.2, -0.15) is 26.3 Å². The van der Waals surface area contributed by atoms with Gasteiger partial charge in [0.15, 0.2) is 0 Å². The molecule has 0 aliphatic heterocycles. The van der Waals surface area contributed by atoms with Crippen LogP contribution in [0, 0.1) is 0 Å². The highest BCUT2D eigenvalue weighted by Gasteiger charge is 2.39. The second-order valence-electron chi connectivity index (χ2n) is 8.93. The van der Waals surface area contributed by atoms with Crippen LogP contribution in [0.15, 0.2) is 97.1 Å². The summed E-state index contributed by atoms with van der Waals surface area (Å²) in [7, 11) is 0. The Bertz CT molecular complexity index is 1850. The second kappa shape index (κ2) is 8.55. The molecule has 6 aromatic rings. The summed E-state index contributed by atoms with van der Waals surface area (Å²) in [5.41, 5.74) is -2.70. The van der Waals surface area contributed by atoms with Gasteiger partial charge in [0, 0.05) is 11.1 Å². The Balaban J connectivity index is 1.71. The number of rotatable bonds is 2. The smallest absolute Gasteiger partial charge is 0.244 e. The molecule has 188 valence electrons. The van der Waals surface area contributed by atoms with Crippen molar-refractivity contribution in [3.05, 3.63) is 108 Å². The highest BCUT2D eigenvalue weighted by molar-refractivity contribution is 5.95. The number of halogens is 6. The first-order valence-corrected chi connectivity index (χ1v) is 11.6. The molecule has 0 fully saturated rings. The summed E-state index contributed by atoms with van der Waals surface area (Å²) < 4.78 is 82.7. The molecule has 0 radical (unpaired) electrons. The van der Waals surface area contributed by atoms with E-state index in [9.17, 15) is 26.3 Å². The van der Waals surface area contributed by atoms with Gasteiger partial charge in [-0.05, 0) is 45.8 Å². The van der Waals surface area contributed by atoms with Crippen molar-refractivity contribution < 1.29 is 26.3 Å². The number of benzene rings is 5. The van der Waals surface area contributed by atoms with Crippen LogP contribution in [0.3, 0.4) is 0 Å². The zero-order valence-electron chi connectivity index (χ0n) is 19.4. The van der Waals surface area contributed by atoms with E-state index >= 15 is 0 Å². The maximum atomic E-state index is 14.0. The fraction of sp³-hybridized carbons (Fsp3) is 0.0667. The minimum absolute atomic E-state index is 0.0941. The van der Waals surface area contributed by atoms with Crippen LogP contribution in [0.25, 0.3) is 55.1 Å². The van der Waals surface area contributed by atoms with E-state index < -0.39 is 34.5 Å². The third-order valence-corrected chi connectivity index (χ3v) is 6.45. The number of fused-ring (bicyclic) bond motifs is 3. The summed E-state index contributed by atoms with van der Waals surface area (Å²) in [4.78, 5) is 8.74. The van der Waals surface area contributed by atoms with Gasteiger partial charge in [-0.15, -0.1) is 0 Å². The van der Waals surface area contributed by atoms with E-state index in [0.717, 1.165) is 21.5 Å². The Hall–Kier alpha value is -4.46. The van der Waals surface area contributed by atoms with Crippen molar-refractivity contribution in [1.82, 2.24) is 9.97 Å². The molecule has 1 aromatic heterocycles. The summed E-state index contributed by atoms with van der Waals surface area (Å²) in [6, 6.07) is 26.3. The molecule has 6 rings (SSSR count). The van der Waals surface area contributed by atoms with Gasteiger partial charge in [0.05, 0.1) is 28.0 Å². The lowest BCUT2D eigenvalue weighted by atomic mass is 9.98. The molecular formula is C30H16F6N2. The van der Waals surface area contributed by atoms with E-state index in [-0.39, 0.29) is 17.5 Å². The standard InChI is InChI=1S/C30H16F6N2/c31-29(32,33)23-15-24(30(34,35)36)28-25(16-23)37-26(21-11-9-17-5-1-3-7-19(17)13-21)27(38-28)22-12-10-18-6-2-4-8-20(18)14-22/h1-16H. The quantitative estimate of drug-likeness (QED) is 0.214. The summed E-state index contributed by atoms with van der Waals surface area (Å²) in [6.07, 6.45) is -10.1. The minimum atomic E-state index is -5.07. The summed E-state index contributed by atoms with van der Waals surface area (Å²) >= 11 is 0. The Labute approximate surface area is 212 Å². The van der Waals surface area contributed by atoms with E-state index in [4.69, 9.17) is 0 Å². The Morgan fingerprint density at radius 3 is 1.47 bits per heavy atom. The maximum absolute atomic E-state index is 14.0. The van der Waals surface area contributed by atoms with Crippen molar-refractivity contribution in [3.8, 4) is 22.5 Å². The molecule has 0 amide bonds. The molecule has 0 aliphatic rings. The van der Waals surface area contributed by atoms with Gasteiger partial charge in [-0.25, -0.2) is 9.97 Å². The first-order valence-electron chi connectivity index (χ1n) is 11.6. The number of hydrogen-bond acceptors (Lipinski definition) is 2. The van der Waals surface area contributed by atoms with E-state index in [2.05, 4.69) is 9.97 Å². The van der Waals surface area contributed by atoms with Crippen molar-refractivity contribution in [2.24, 2.45) is 0 Å². The van der Waals surface area contributed by atoms with E-state index in [1.807, 2.05) is 60.7 Å². The predicted molar refractivity (Wildman–Crippen MR) is 135 cm³/mol. The van der Waals surface area contributed by atoms with Gasteiger partial charge in [-0.3, -0.25) is 0 Å². The van der Waals surface area contributed by atoms with Crippen LogP contribution in [-0.2, 0) is 12.4 Å². The molecule has 38 heavy (non-hydrogen) atoms. The van der Waals surface area contributed by atoms with Gasteiger partial charge in [0.1, 0.15) is 5.52 Å².